The molecule has 0 unspecified atom stereocenters. The Balaban J connectivity index is 0.000000138. The van der Waals surface area contributed by atoms with E-state index < -0.39 is 32.3 Å². The number of aromatic nitrogens is 1. The molecule has 16 aromatic carbocycles. The number of thiophene rings is 3. The quantitative estimate of drug-likeness (QED) is 0.0488. The van der Waals surface area contributed by atoms with Crippen molar-refractivity contribution in [3.8, 4) is 75.6 Å². The smallest absolute Gasteiger partial charge is 0.194 e. The van der Waals surface area contributed by atoms with E-state index in [0.29, 0.717) is 44.5 Å². The third-order valence-electron chi connectivity index (χ3n) is 28.6. The zero-order chi connectivity index (χ0) is 100. The topological polar surface area (TPSA) is 70.2 Å². The Morgan fingerprint density at radius 2 is 0.688 bits per heavy atom. The van der Waals surface area contributed by atoms with Crippen LogP contribution in [0, 0.1) is 87.4 Å². The molecular formula is C132H111N3O2S3Si4. The zero-order valence-electron chi connectivity index (χ0n) is 84.8. The van der Waals surface area contributed by atoms with Gasteiger partial charge in [0.2, 0.25) is 0 Å². The average molecular weight is 1980 g/mol. The molecule has 0 saturated heterocycles. The number of nitrogens with zero attached hydrogens (tertiary/aromatic N) is 2. The van der Waals surface area contributed by atoms with Crippen molar-refractivity contribution in [2.75, 3.05) is 0 Å². The Bertz CT molecular complexity index is 8980. The van der Waals surface area contributed by atoms with Crippen molar-refractivity contribution in [3.05, 3.63) is 369 Å². The fourth-order valence-corrected chi connectivity index (χ4v) is 37.0. The van der Waals surface area contributed by atoms with E-state index in [0.717, 1.165) is 138 Å². The van der Waals surface area contributed by atoms with Gasteiger partial charge in [-0.3, -0.25) is 0 Å². The first-order valence-corrected chi connectivity index (χ1v) is 63.8. The number of allylic oxidation sites excluding steroid dienone is 1. The van der Waals surface area contributed by atoms with E-state index in [4.69, 9.17) is 15.4 Å². The van der Waals surface area contributed by atoms with Crippen molar-refractivity contribution in [1.82, 2.24) is 4.98 Å². The monoisotopic (exact) mass is 1980 g/mol. The summed E-state index contributed by atoms with van der Waals surface area (Å²) in [5.41, 5.74) is 37.4. The molecule has 0 amide bonds. The molecule has 0 atom stereocenters. The third kappa shape index (κ3) is 18.6. The lowest BCUT2D eigenvalue weighted by Gasteiger charge is -2.38. The molecule has 0 spiro atoms. The highest BCUT2D eigenvalue weighted by molar-refractivity contribution is 7.27. The summed E-state index contributed by atoms with van der Waals surface area (Å²) in [6.07, 6.45) is 3.87. The van der Waals surface area contributed by atoms with Gasteiger partial charge in [-0.1, -0.05) is 327 Å². The third-order valence-corrected chi connectivity index (χ3v) is 46.5. The lowest BCUT2D eigenvalue weighted by atomic mass is 9.95. The van der Waals surface area contributed by atoms with Crippen LogP contribution in [0.15, 0.2) is 300 Å². The van der Waals surface area contributed by atoms with Crippen LogP contribution in [0.25, 0.3) is 187 Å². The summed E-state index contributed by atoms with van der Waals surface area (Å²) < 4.78 is 20.5. The van der Waals surface area contributed by atoms with Crippen molar-refractivity contribution < 1.29 is 8.83 Å². The van der Waals surface area contributed by atoms with Crippen LogP contribution in [0.1, 0.15) is 150 Å². The molecule has 0 aliphatic rings. The van der Waals surface area contributed by atoms with E-state index in [1.807, 2.05) is 144 Å². The minimum atomic E-state index is -2.06. The van der Waals surface area contributed by atoms with Crippen molar-refractivity contribution in [2.45, 2.75) is 156 Å². The van der Waals surface area contributed by atoms with Gasteiger partial charge in [-0.2, -0.15) is 5.26 Å². The van der Waals surface area contributed by atoms with Gasteiger partial charge in [0.15, 0.2) is 5.70 Å². The van der Waals surface area contributed by atoms with Gasteiger partial charge in [0.05, 0.1) is 23.7 Å². The lowest BCUT2D eigenvalue weighted by Crippen LogP contribution is -2.43. The van der Waals surface area contributed by atoms with Gasteiger partial charge < -0.3 is 13.8 Å². The Kier molecular flexibility index (Phi) is 26.4. The summed E-state index contributed by atoms with van der Waals surface area (Å²) in [6.45, 7) is 50.2. The van der Waals surface area contributed by atoms with Gasteiger partial charge in [-0.25, -0.2) is 4.85 Å². The SMILES string of the molecule is CC(C)[Si](C#Cc1cc2c(cc(C#C[Si](C(C)C)(C(C)C)C(C)C)c3c4ccc(C#Cc5ccccc5)cc4sc23)c2[nH]c3cc(C#Cc4ccccc4)ccc3c12)(C(C)C)C(C)C.C[Si](C)(C)C#Cc1ccc2c(c1)oc1c2ccc2c1ccc1c3ccc(C#C[Si](C)(C)C)cc3sc12.[C-]#[N+]/C(=C\c1ccc2c(c1)sc1c2ccc2c1ccc1c3ccc(/C=C(\C#N)c4ccccc4)cc3oc12)c1ccccc1. The lowest BCUT2D eigenvalue weighted by molar-refractivity contribution is 0.672. The maximum Gasteiger partial charge on any atom is 0.194 e. The predicted octanol–water partition coefficient (Wildman–Crippen LogP) is 37.9. The van der Waals surface area contributed by atoms with Crippen LogP contribution < -0.4 is 0 Å². The molecular weight excluding hydrogens is 1870 g/mol. The van der Waals surface area contributed by atoms with E-state index in [9.17, 15) is 5.26 Å². The van der Waals surface area contributed by atoms with Crippen molar-refractivity contribution in [1.29, 1.82) is 5.26 Å². The zero-order valence-corrected chi connectivity index (χ0v) is 91.2. The van der Waals surface area contributed by atoms with Crippen LogP contribution in [0.2, 0.25) is 72.5 Å². The number of rotatable bonds is 10. The van der Waals surface area contributed by atoms with E-state index in [1.165, 1.54) is 87.4 Å². The van der Waals surface area contributed by atoms with Crippen molar-refractivity contribution in [2.24, 2.45) is 0 Å². The number of hydrogen-bond acceptors (Lipinski definition) is 6. The molecule has 22 rings (SSSR count). The van der Waals surface area contributed by atoms with E-state index >= 15 is 0 Å². The number of furan rings is 2. The summed E-state index contributed by atoms with van der Waals surface area (Å²) >= 11 is 5.49. The van der Waals surface area contributed by atoms with E-state index in [-0.39, 0.29) is 0 Å². The number of benzene rings is 16. The molecule has 144 heavy (non-hydrogen) atoms. The molecule has 1 N–H and O–H groups in total. The summed E-state index contributed by atoms with van der Waals surface area (Å²) in [7, 11) is -6.96. The number of aromatic amines is 1. The maximum absolute atomic E-state index is 9.78. The molecule has 0 saturated carbocycles. The van der Waals surface area contributed by atoms with Crippen LogP contribution in [0.4, 0.5) is 0 Å². The predicted molar refractivity (Wildman–Crippen MR) is 636 cm³/mol. The first-order valence-electron chi connectivity index (χ1n) is 49.9. The average Bonchev–Trinajstić information content (AvgIpc) is 1.58. The molecule has 0 aliphatic heterocycles. The minimum absolute atomic E-state index is 0.525. The molecule has 0 bridgehead atoms. The molecule has 700 valence electrons. The molecule has 0 radical (unpaired) electrons. The van der Waals surface area contributed by atoms with Crippen LogP contribution in [-0.2, 0) is 0 Å². The number of hydrogen-bond donors (Lipinski definition) is 1. The van der Waals surface area contributed by atoms with Crippen LogP contribution in [0.5, 0.6) is 0 Å². The second-order valence-electron chi connectivity index (χ2n) is 42.0. The summed E-state index contributed by atoms with van der Waals surface area (Å²) in [5, 5.41) is 31.1. The van der Waals surface area contributed by atoms with Gasteiger partial charge >= 0.3 is 0 Å². The van der Waals surface area contributed by atoms with Crippen molar-refractivity contribution >= 4 is 248 Å². The highest BCUT2D eigenvalue weighted by Crippen LogP contribution is 2.51. The largest absolute Gasteiger partial charge is 0.455 e. The molecule has 12 heteroatoms. The Morgan fingerprint density at radius 1 is 0.319 bits per heavy atom. The van der Waals surface area contributed by atoms with E-state index in [2.05, 4.69) is 390 Å². The van der Waals surface area contributed by atoms with Gasteiger partial charge in [-0.05, 0) is 201 Å². The highest BCUT2D eigenvalue weighted by Gasteiger charge is 2.43. The maximum atomic E-state index is 9.78. The first-order chi connectivity index (χ1) is 69.4. The number of H-pyrrole nitrogens is 1. The van der Waals surface area contributed by atoms with Gasteiger partial charge in [0.25, 0.3) is 0 Å². The number of nitrogens with one attached hydrogen (secondary N) is 1. The Labute approximate surface area is 860 Å². The number of fused-ring (bicyclic) bond motifs is 27. The second-order valence-corrected chi connectivity index (χ2v) is 65.8. The fraction of sp³-hybridized carbons (Fsp3) is 0.182. The highest BCUT2D eigenvalue weighted by atomic mass is 32.1. The Morgan fingerprint density at radius 3 is 1.18 bits per heavy atom. The van der Waals surface area contributed by atoms with Gasteiger partial charge in [0.1, 0.15) is 54.6 Å². The normalized spacial score (nSPS) is 12.2. The molecule has 22 aromatic rings. The molecule has 5 nitrogen and oxygen atoms in total. The Hall–Kier alpha value is -15.0. The fourth-order valence-electron chi connectivity index (χ4n) is 21.7. The summed E-state index contributed by atoms with van der Waals surface area (Å²) in [4.78, 5) is 7.77. The summed E-state index contributed by atoms with van der Waals surface area (Å²) in [5.74, 6) is 28.4. The van der Waals surface area contributed by atoms with Crippen LogP contribution in [0.3, 0.4) is 0 Å². The molecule has 0 aliphatic carbocycles. The van der Waals surface area contributed by atoms with Gasteiger partial charge in [0, 0.05) is 175 Å². The van der Waals surface area contributed by atoms with Crippen LogP contribution >= 0.6 is 34.0 Å². The first kappa shape index (κ1) is 96.5. The minimum Gasteiger partial charge on any atom is -0.455 e. The molecule has 6 heterocycles. The van der Waals surface area contributed by atoms with Crippen LogP contribution in [-0.4, -0.2) is 37.3 Å². The molecule has 6 aromatic heterocycles. The number of nitriles is 1. The van der Waals surface area contributed by atoms with E-state index in [1.54, 1.807) is 11.3 Å². The standard InChI is InChI=1S/C60H61NSSi2.C40H22N2OS.C32H28OSSi2/c1-39(2)63(40(3)4,41(5)6)33-31-49-38-54-53(59-57(49)51-29-27-47(35-55(51)61-59)25-23-45-19-15-13-16-20-45)37-50(32-34-64(42(7)8,43(9)10)44(11)12)58-52-30-28-48(36-56(52)62-60(54)58)26-24-46-21-17-14-18-22-46;1-42-36(28-10-6-3-7-11-28)21-26-13-15-31-34-18-17-33-35(40(34)44-38(31)23-26)19-16-32-30-14-12-25(22-37(30)43-39(32)33)20-29(24-41)27-8-4-2-5-9-27;1-35(2,3)17-15-21-7-9-23-25-11-14-28-26(31(25)33-29(23)19-21)12-13-27-24-10-8-22(16-18-36(4,5)6)20-30(24)34-32(27)28/h13-22,27-30,35-44,61H,1-12H3;2-23H;7-14,19-20H,1-6H3/b;29-20+,36-21-;. The van der Waals surface area contributed by atoms with Crippen molar-refractivity contribution in [3.63, 3.8) is 0 Å². The van der Waals surface area contributed by atoms with Gasteiger partial charge in [-0.15, -0.1) is 56.2 Å². The molecule has 0 fully saturated rings. The second kappa shape index (κ2) is 39.4. The summed E-state index contributed by atoms with van der Waals surface area (Å²) in [6, 6.07) is 104.